The number of ether oxygens (including phenoxy) is 1. The summed E-state index contributed by atoms with van der Waals surface area (Å²) in [5, 5.41) is 0.337. The number of likely N-dealkylation sites (N-methyl/N-ethyl adjacent to an activating group) is 1. The van der Waals surface area contributed by atoms with Crippen LogP contribution in [0.15, 0.2) is 24.3 Å². The molecule has 0 saturated heterocycles. The maximum Gasteiger partial charge on any atom is 0.484 e. The first-order valence-electron chi connectivity index (χ1n) is 4.51. The minimum absolute atomic E-state index is 0.325. The second kappa shape index (κ2) is 5.05. The predicted octanol–water partition coefficient (Wildman–Crippen LogP) is 1.82. The van der Waals surface area contributed by atoms with Crippen molar-refractivity contribution in [2.45, 2.75) is 6.11 Å². The van der Waals surface area contributed by atoms with Crippen LogP contribution in [0.4, 0.5) is 13.2 Å². The van der Waals surface area contributed by atoms with Crippen molar-refractivity contribution < 1.29 is 27.5 Å². The molecule has 1 aromatic rings. The molecular formula is C10H10F3NO3. The molecule has 17 heavy (non-hydrogen) atoms. The average Bonchev–Trinajstić information content (AvgIpc) is 2.30. The molecule has 1 aromatic carbocycles. The van der Waals surface area contributed by atoms with Crippen LogP contribution in [0.25, 0.3) is 0 Å². The Kier molecular flexibility index (Phi) is 3.95. The molecule has 0 spiro atoms. The summed E-state index contributed by atoms with van der Waals surface area (Å²) in [6.45, 7) is 0. The summed E-state index contributed by atoms with van der Waals surface area (Å²) in [5.41, 5.74) is 0. The van der Waals surface area contributed by atoms with Gasteiger partial charge in [0.2, 0.25) is 0 Å². The van der Waals surface area contributed by atoms with E-state index in [9.17, 15) is 18.0 Å². The van der Waals surface area contributed by atoms with Gasteiger partial charge in [0.15, 0.2) is 0 Å². The quantitative estimate of drug-likeness (QED) is 0.764. The van der Waals surface area contributed by atoms with E-state index in [1.807, 2.05) is 0 Å². The number of benzene rings is 1. The molecule has 0 heterocycles. The highest BCUT2D eigenvalue weighted by Gasteiger charge is 2.45. The van der Waals surface area contributed by atoms with E-state index in [-0.39, 0.29) is 5.75 Å². The third-order valence-electron chi connectivity index (χ3n) is 1.87. The Bertz CT molecular complexity index is 394. The predicted molar refractivity (Wildman–Crippen MR) is 51.8 cm³/mol. The lowest BCUT2D eigenvalue weighted by atomic mass is 10.3. The van der Waals surface area contributed by atoms with Crippen molar-refractivity contribution in [3.63, 3.8) is 0 Å². The highest BCUT2D eigenvalue weighted by molar-refractivity contribution is 5.81. The maximum absolute atomic E-state index is 13.3. The van der Waals surface area contributed by atoms with Gasteiger partial charge >= 0.3 is 12.0 Å². The molecule has 0 saturated carbocycles. The standard InChI is InChI=1S/C10H10F3NO3/c1-14(16-2)9(15)10(12,13)17-8-5-3-7(11)4-6-8/h3-6H,1-2H3. The zero-order valence-electron chi connectivity index (χ0n) is 9.12. The van der Waals surface area contributed by atoms with Crippen molar-refractivity contribution in [2.24, 2.45) is 0 Å². The van der Waals surface area contributed by atoms with Crippen molar-refractivity contribution >= 4 is 5.91 Å². The minimum atomic E-state index is -4.08. The van der Waals surface area contributed by atoms with Gasteiger partial charge in [-0.3, -0.25) is 9.63 Å². The third kappa shape index (κ3) is 3.35. The molecule has 0 aliphatic heterocycles. The fourth-order valence-corrected chi connectivity index (χ4v) is 0.961. The normalized spacial score (nSPS) is 11.1. The highest BCUT2D eigenvalue weighted by atomic mass is 19.3. The van der Waals surface area contributed by atoms with Gasteiger partial charge in [-0.25, -0.2) is 9.45 Å². The second-order valence-corrected chi connectivity index (χ2v) is 3.06. The van der Waals surface area contributed by atoms with E-state index in [2.05, 4.69) is 9.57 Å². The number of rotatable bonds is 4. The van der Waals surface area contributed by atoms with Crippen molar-refractivity contribution in [3.8, 4) is 5.75 Å². The van der Waals surface area contributed by atoms with Crippen LogP contribution in [0.3, 0.4) is 0 Å². The van der Waals surface area contributed by atoms with Crippen LogP contribution < -0.4 is 4.74 Å². The van der Waals surface area contributed by atoms with Crippen LogP contribution >= 0.6 is 0 Å². The van der Waals surface area contributed by atoms with E-state index < -0.39 is 17.8 Å². The molecule has 0 aliphatic rings. The van der Waals surface area contributed by atoms with Gasteiger partial charge in [-0.1, -0.05) is 0 Å². The number of alkyl halides is 2. The maximum atomic E-state index is 13.3. The Morgan fingerprint density at radius 1 is 1.29 bits per heavy atom. The molecule has 4 nitrogen and oxygen atoms in total. The summed E-state index contributed by atoms with van der Waals surface area (Å²) >= 11 is 0. The summed E-state index contributed by atoms with van der Waals surface area (Å²) in [5.74, 6) is -2.58. The van der Waals surface area contributed by atoms with Crippen LogP contribution in [0.2, 0.25) is 0 Å². The Labute approximate surface area is 95.5 Å². The van der Waals surface area contributed by atoms with Gasteiger partial charge in [0.1, 0.15) is 11.6 Å². The summed E-state index contributed by atoms with van der Waals surface area (Å²) in [4.78, 5) is 15.4. The number of amides is 1. The number of hydrogen-bond acceptors (Lipinski definition) is 3. The Balaban J connectivity index is 2.78. The molecule has 0 fully saturated rings. The first-order valence-corrected chi connectivity index (χ1v) is 4.51. The highest BCUT2D eigenvalue weighted by Crippen LogP contribution is 2.23. The van der Waals surface area contributed by atoms with Gasteiger partial charge in [0, 0.05) is 7.05 Å². The van der Waals surface area contributed by atoms with Crippen LogP contribution in [0.5, 0.6) is 5.75 Å². The van der Waals surface area contributed by atoms with Crippen LogP contribution in [0.1, 0.15) is 0 Å². The number of hydrogen-bond donors (Lipinski definition) is 0. The summed E-state index contributed by atoms with van der Waals surface area (Å²) < 4.78 is 43.2. The zero-order valence-corrected chi connectivity index (χ0v) is 9.12. The zero-order chi connectivity index (χ0) is 13.1. The fourth-order valence-electron chi connectivity index (χ4n) is 0.961. The van der Waals surface area contributed by atoms with E-state index in [4.69, 9.17) is 0 Å². The van der Waals surface area contributed by atoms with Gasteiger partial charge in [-0.15, -0.1) is 0 Å². The number of carbonyl (C=O) groups is 1. The van der Waals surface area contributed by atoms with Gasteiger partial charge in [0.05, 0.1) is 7.11 Å². The third-order valence-corrected chi connectivity index (χ3v) is 1.87. The van der Waals surface area contributed by atoms with Gasteiger partial charge in [0.25, 0.3) is 0 Å². The van der Waals surface area contributed by atoms with E-state index in [1.165, 1.54) is 0 Å². The van der Waals surface area contributed by atoms with Crippen LogP contribution in [-0.2, 0) is 9.63 Å². The lowest BCUT2D eigenvalue weighted by molar-refractivity contribution is -0.231. The van der Waals surface area contributed by atoms with Crippen LogP contribution in [-0.4, -0.2) is 31.2 Å². The van der Waals surface area contributed by atoms with Gasteiger partial charge in [-0.05, 0) is 24.3 Å². The molecule has 1 rings (SSSR count). The largest absolute Gasteiger partial charge is 0.484 e. The topological polar surface area (TPSA) is 38.8 Å². The first-order chi connectivity index (χ1) is 7.86. The van der Waals surface area contributed by atoms with E-state index in [0.717, 1.165) is 38.4 Å². The van der Waals surface area contributed by atoms with Crippen molar-refractivity contribution in [1.29, 1.82) is 0 Å². The lowest BCUT2D eigenvalue weighted by Crippen LogP contribution is -2.44. The number of carbonyl (C=O) groups excluding carboxylic acids is 1. The minimum Gasteiger partial charge on any atom is -0.425 e. The first kappa shape index (κ1) is 13.3. The molecular weight excluding hydrogens is 239 g/mol. The molecule has 0 atom stereocenters. The Morgan fingerprint density at radius 3 is 2.29 bits per heavy atom. The van der Waals surface area contributed by atoms with E-state index in [1.54, 1.807) is 0 Å². The number of nitrogens with zero attached hydrogens (tertiary/aromatic N) is 1. The molecule has 94 valence electrons. The Hall–Kier alpha value is -1.76. The monoisotopic (exact) mass is 249 g/mol. The van der Waals surface area contributed by atoms with Crippen molar-refractivity contribution in [3.05, 3.63) is 30.1 Å². The molecule has 0 N–H and O–H groups in total. The van der Waals surface area contributed by atoms with Crippen molar-refractivity contribution in [2.75, 3.05) is 14.2 Å². The Morgan fingerprint density at radius 2 is 1.82 bits per heavy atom. The van der Waals surface area contributed by atoms with Gasteiger partial charge in [-0.2, -0.15) is 8.78 Å². The van der Waals surface area contributed by atoms with E-state index >= 15 is 0 Å². The second-order valence-electron chi connectivity index (χ2n) is 3.06. The van der Waals surface area contributed by atoms with Crippen molar-refractivity contribution in [1.82, 2.24) is 5.06 Å². The van der Waals surface area contributed by atoms with E-state index in [0.29, 0.717) is 5.06 Å². The van der Waals surface area contributed by atoms with Gasteiger partial charge < -0.3 is 4.74 Å². The lowest BCUT2D eigenvalue weighted by Gasteiger charge is -2.21. The summed E-state index contributed by atoms with van der Waals surface area (Å²) in [6.07, 6.45) is -4.08. The molecule has 0 aromatic heterocycles. The molecule has 0 bridgehead atoms. The smallest absolute Gasteiger partial charge is 0.425 e. The average molecular weight is 249 g/mol. The number of hydroxylamine groups is 2. The molecule has 0 aliphatic carbocycles. The summed E-state index contributed by atoms with van der Waals surface area (Å²) in [7, 11) is 2.08. The fraction of sp³-hybridized carbons (Fsp3) is 0.300. The molecule has 7 heteroatoms. The number of halogens is 3. The molecule has 0 unspecified atom stereocenters. The molecule has 1 amide bonds. The SMILES string of the molecule is CON(C)C(=O)C(F)(F)Oc1ccc(F)cc1. The molecule has 0 radical (unpaired) electrons. The summed E-state index contributed by atoms with van der Waals surface area (Å²) in [6, 6.07) is 3.86. The van der Waals surface area contributed by atoms with Crippen LogP contribution in [0, 0.1) is 5.82 Å².